The molecular formula is C22H28N2O3. The van der Waals surface area contributed by atoms with Gasteiger partial charge in [0.15, 0.2) is 0 Å². The van der Waals surface area contributed by atoms with Crippen LogP contribution in [0.3, 0.4) is 0 Å². The SMILES string of the molecule is COc1ccc(CN2CCN(C(=O)CCOc3ccccc3)CC2)cc1C. The highest BCUT2D eigenvalue weighted by Gasteiger charge is 2.21. The van der Waals surface area contributed by atoms with Gasteiger partial charge in [0.1, 0.15) is 11.5 Å². The smallest absolute Gasteiger partial charge is 0.226 e. The number of benzene rings is 2. The molecule has 0 radical (unpaired) electrons. The molecule has 1 saturated heterocycles. The van der Waals surface area contributed by atoms with Crippen molar-refractivity contribution in [3.8, 4) is 11.5 Å². The molecule has 144 valence electrons. The highest BCUT2D eigenvalue weighted by molar-refractivity contribution is 5.76. The number of para-hydroxylation sites is 1. The van der Waals surface area contributed by atoms with Crippen LogP contribution in [0.2, 0.25) is 0 Å². The Morgan fingerprint density at radius 3 is 2.44 bits per heavy atom. The second-order valence-electron chi connectivity index (χ2n) is 6.87. The van der Waals surface area contributed by atoms with Crippen molar-refractivity contribution in [2.24, 2.45) is 0 Å². The molecule has 0 aliphatic carbocycles. The average molecular weight is 368 g/mol. The maximum atomic E-state index is 12.4. The van der Waals surface area contributed by atoms with Crippen molar-refractivity contribution >= 4 is 5.91 Å². The zero-order chi connectivity index (χ0) is 19.1. The fourth-order valence-corrected chi connectivity index (χ4v) is 3.38. The number of hydrogen-bond acceptors (Lipinski definition) is 4. The number of amides is 1. The summed E-state index contributed by atoms with van der Waals surface area (Å²) >= 11 is 0. The number of carbonyl (C=O) groups is 1. The summed E-state index contributed by atoms with van der Waals surface area (Å²) < 4.78 is 11.0. The van der Waals surface area contributed by atoms with Crippen LogP contribution in [-0.4, -0.2) is 55.6 Å². The Hall–Kier alpha value is -2.53. The molecule has 2 aromatic carbocycles. The van der Waals surface area contributed by atoms with Gasteiger partial charge in [-0.25, -0.2) is 0 Å². The molecule has 2 aromatic rings. The van der Waals surface area contributed by atoms with E-state index < -0.39 is 0 Å². The first kappa shape index (κ1) is 19.2. The van der Waals surface area contributed by atoms with Crippen molar-refractivity contribution < 1.29 is 14.3 Å². The molecule has 0 atom stereocenters. The molecule has 0 N–H and O–H groups in total. The first-order valence-electron chi connectivity index (χ1n) is 9.47. The molecule has 3 rings (SSSR count). The van der Waals surface area contributed by atoms with E-state index in [1.807, 2.05) is 41.3 Å². The topological polar surface area (TPSA) is 42.0 Å². The zero-order valence-corrected chi connectivity index (χ0v) is 16.2. The van der Waals surface area contributed by atoms with Gasteiger partial charge in [0.2, 0.25) is 5.91 Å². The molecule has 1 aliphatic rings. The van der Waals surface area contributed by atoms with E-state index in [0.29, 0.717) is 13.0 Å². The van der Waals surface area contributed by atoms with Crippen LogP contribution < -0.4 is 9.47 Å². The predicted octanol–water partition coefficient (Wildman–Crippen LogP) is 3.12. The van der Waals surface area contributed by atoms with Crippen molar-refractivity contribution in [3.05, 3.63) is 59.7 Å². The summed E-state index contributed by atoms with van der Waals surface area (Å²) in [5, 5.41) is 0. The van der Waals surface area contributed by atoms with E-state index in [1.54, 1.807) is 7.11 Å². The number of rotatable bonds is 7. The van der Waals surface area contributed by atoms with Gasteiger partial charge >= 0.3 is 0 Å². The average Bonchev–Trinajstić information content (AvgIpc) is 2.69. The van der Waals surface area contributed by atoms with Crippen LogP contribution in [0.15, 0.2) is 48.5 Å². The van der Waals surface area contributed by atoms with Crippen LogP contribution in [0.4, 0.5) is 0 Å². The van der Waals surface area contributed by atoms with Gasteiger partial charge in [-0.3, -0.25) is 9.69 Å². The third-order valence-corrected chi connectivity index (χ3v) is 4.92. The van der Waals surface area contributed by atoms with Crippen LogP contribution in [0.25, 0.3) is 0 Å². The number of methoxy groups -OCH3 is 1. The van der Waals surface area contributed by atoms with Crippen molar-refractivity contribution in [2.45, 2.75) is 19.9 Å². The lowest BCUT2D eigenvalue weighted by molar-refractivity contribution is -0.133. The molecule has 0 bridgehead atoms. The highest BCUT2D eigenvalue weighted by atomic mass is 16.5. The second kappa shape index (κ2) is 9.42. The lowest BCUT2D eigenvalue weighted by Crippen LogP contribution is -2.48. The van der Waals surface area contributed by atoms with Crippen LogP contribution in [0.1, 0.15) is 17.5 Å². The predicted molar refractivity (Wildman–Crippen MR) is 106 cm³/mol. The number of piperazine rings is 1. The Labute approximate surface area is 161 Å². The summed E-state index contributed by atoms with van der Waals surface area (Å²) in [5.74, 6) is 1.91. The highest BCUT2D eigenvalue weighted by Crippen LogP contribution is 2.20. The van der Waals surface area contributed by atoms with Gasteiger partial charge in [0, 0.05) is 32.7 Å². The Bertz CT molecular complexity index is 740. The molecular weight excluding hydrogens is 340 g/mol. The van der Waals surface area contributed by atoms with Crippen LogP contribution in [0.5, 0.6) is 11.5 Å². The van der Waals surface area contributed by atoms with Gasteiger partial charge < -0.3 is 14.4 Å². The summed E-state index contributed by atoms with van der Waals surface area (Å²) in [5.41, 5.74) is 2.44. The summed E-state index contributed by atoms with van der Waals surface area (Å²) in [7, 11) is 1.70. The summed E-state index contributed by atoms with van der Waals surface area (Å²) in [4.78, 5) is 16.7. The molecule has 1 amide bonds. The zero-order valence-electron chi connectivity index (χ0n) is 16.2. The number of aryl methyl sites for hydroxylation is 1. The van der Waals surface area contributed by atoms with E-state index in [9.17, 15) is 4.79 Å². The van der Waals surface area contributed by atoms with E-state index in [4.69, 9.17) is 9.47 Å². The van der Waals surface area contributed by atoms with Crippen molar-refractivity contribution in [3.63, 3.8) is 0 Å². The first-order chi connectivity index (χ1) is 13.2. The quantitative estimate of drug-likeness (QED) is 0.753. The molecule has 5 heteroatoms. The lowest BCUT2D eigenvalue weighted by atomic mass is 10.1. The minimum Gasteiger partial charge on any atom is -0.496 e. The van der Waals surface area contributed by atoms with E-state index in [0.717, 1.165) is 49.8 Å². The van der Waals surface area contributed by atoms with E-state index in [2.05, 4.69) is 24.0 Å². The Morgan fingerprint density at radius 1 is 1.04 bits per heavy atom. The van der Waals surface area contributed by atoms with Crippen LogP contribution in [0, 0.1) is 6.92 Å². The molecule has 0 spiro atoms. The fraction of sp³-hybridized carbons (Fsp3) is 0.409. The van der Waals surface area contributed by atoms with Gasteiger partial charge in [-0.05, 0) is 36.2 Å². The van der Waals surface area contributed by atoms with Crippen LogP contribution in [-0.2, 0) is 11.3 Å². The van der Waals surface area contributed by atoms with Gasteiger partial charge in [-0.15, -0.1) is 0 Å². The number of carbonyl (C=O) groups excluding carboxylic acids is 1. The van der Waals surface area contributed by atoms with Crippen molar-refractivity contribution in [1.29, 1.82) is 0 Å². The number of hydrogen-bond donors (Lipinski definition) is 0. The van der Waals surface area contributed by atoms with Gasteiger partial charge in [-0.2, -0.15) is 0 Å². The Morgan fingerprint density at radius 2 is 1.78 bits per heavy atom. The minimum atomic E-state index is 0.172. The summed E-state index contributed by atoms with van der Waals surface area (Å²) in [6.07, 6.45) is 0.423. The first-order valence-corrected chi connectivity index (χ1v) is 9.47. The summed E-state index contributed by atoms with van der Waals surface area (Å²) in [6.45, 7) is 6.75. The minimum absolute atomic E-state index is 0.172. The molecule has 0 saturated carbocycles. The second-order valence-corrected chi connectivity index (χ2v) is 6.87. The summed E-state index contributed by atoms with van der Waals surface area (Å²) in [6, 6.07) is 15.9. The molecule has 5 nitrogen and oxygen atoms in total. The Balaban J connectivity index is 1.40. The standard InChI is InChI=1S/C22H28N2O3/c1-18-16-19(8-9-21(18)26-2)17-23-11-13-24(14-12-23)22(25)10-15-27-20-6-4-3-5-7-20/h3-9,16H,10-15,17H2,1-2H3. The third-order valence-electron chi connectivity index (χ3n) is 4.92. The molecule has 1 heterocycles. The van der Waals surface area contributed by atoms with E-state index in [-0.39, 0.29) is 5.91 Å². The largest absolute Gasteiger partial charge is 0.496 e. The van der Waals surface area contributed by atoms with Gasteiger partial charge in [0.25, 0.3) is 0 Å². The van der Waals surface area contributed by atoms with E-state index >= 15 is 0 Å². The molecule has 1 aliphatic heterocycles. The van der Waals surface area contributed by atoms with Crippen molar-refractivity contribution in [1.82, 2.24) is 9.80 Å². The fourth-order valence-electron chi connectivity index (χ4n) is 3.38. The maximum Gasteiger partial charge on any atom is 0.226 e. The monoisotopic (exact) mass is 368 g/mol. The van der Waals surface area contributed by atoms with Crippen LogP contribution >= 0.6 is 0 Å². The van der Waals surface area contributed by atoms with Gasteiger partial charge in [0.05, 0.1) is 20.1 Å². The third kappa shape index (κ3) is 5.47. The normalized spacial score (nSPS) is 14.8. The number of ether oxygens (including phenoxy) is 2. The van der Waals surface area contributed by atoms with E-state index in [1.165, 1.54) is 5.56 Å². The Kier molecular flexibility index (Phi) is 6.71. The molecule has 1 fully saturated rings. The molecule has 0 unspecified atom stereocenters. The maximum absolute atomic E-state index is 12.4. The van der Waals surface area contributed by atoms with Gasteiger partial charge in [-0.1, -0.05) is 30.3 Å². The van der Waals surface area contributed by atoms with Crippen molar-refractivity contribution in [2.75, 3.05) is 39.9 Å². The number of nitrogens with zero attached hydrogens (tertiary/aromatic N) is 2. The molecule has 27 heavy (non-hydrogen) atoms. The lowest BCUT2D eigenvalue weighted by Gasteiger charge is -2.35. The molecule has 0 aromatic heterocycles.